The van der Waals surface area contributed by atoms with E-state index in [0.29, 0.717) is 12.6 Å². The van der Waals surface area contributed by atoms with Gasteiger partial charge in [-0.3, -0.25) is 4.79 Å². The molecule has 0 aromatic heterocycles. The Kier molecular flexibility index (Phi) is 4.96. The number of benzene rings is 1. The molecule has 0 bridgehead atoms. The van der Waals surface area contributed by atoms with E-state index in [1.54, 1.807) is 0 Å². The highest BCUT2D eigenvalue weighted by atomic mass is 79.9. The van der Waals surface area contributed by atoms with Crippen LogP contribution >= 0.6 is 15.9 Å². The number of nitrogens with one attached hydrogen (secondary N) is 2. The summed E-state index contributed by atoms with van der Waals surface area (Å²) in [7, 11) is 0. The van der Waals surface area contributed by atoms with Crippen LogP contribution in [0.5, 0.6) is 0 Å². The summed E-state index contributed by atoms with van der Waals surface area (Å²) < 4.78 is 0.964. The smallest absolute Gasteiger partial charge is 0.238 e. The molecule has 0 radical (unpaired) electrons. The Labute approximate surface area is 116 Å². The number of rotatable bonds is 4. The summed E-state index contributed by atoms with van der Waals surface area (Å²) in [6.07, 6.45) is 7.60. The number of hydrogen-bond acceptors (Lipinski definition) is 2. The lowest BCUT2D eigenvalue weighted by Crippen LogP contribution is -2.36. The van der Waals surface area contributed by atoms with Gasteiger partial charge in [-0.2, -0.15) is 0 Å². The summed E-state index contributed by atoms with van der Waals surface area (Å²) in [6.45, 7) is 0.366. The van der Waals surface area contributed by atoms with E-state index in [-0.39, 0.29) is 5.91 Å². The quantitative estimate of drug-likeness (QED) is 0.839. The van der Waals surface area contributed by atoms with Gasteiger partial charge in [0, 0.05) is 16.2 Å². The van der Waals surface area contributed by atoms with Crippen molar-refractivity contribution in [3.63, 3.8) is 0 Å². The molecular formula is C14H17BrN2O. The van der Waals surface area contributed by atoms with Crippen molar-refractivity contribution >= 4 is 27.5 Å². The molecule has 1 amide bonds. The molecule has 3 nitrogen and oxygen atoms in total. The number of anilines is 1. The third kappa shape index (κ3) is 4.27. The predicted octanol–water partition coefficient (Wildman–Crippen LogP) is 3.09. The Morgan fingerprint density at radius 1 is 1.39 bits per heavy atom. The molecule has 0 fully saturated rings. The summed E-state index contributed by atoms with van der Waals surface area (Å²) in [5.41, 5.74) is 0.819. The van der Waals surface area contributed by atoms with E-state index in [2.05, 4.69) is 38.7 Å². The van der Waals surface area contributed by atoms with Crippen LogP contribution in [-0.2, 0) is 4.79 Å². The van der Waals surface area contributed by atoms with Crippen LogP contribution in [0.4, 0.5) is 5.69 Å². The van der Waals surface area contributed by atoms with E-state index in [4.69, 9.17) is 0 Å². The molecule has 0 saturated heterocycles. The lowest BCUT2D eigenvalue weighted by Gasteiger charge is -2.19. The third-order valence-corrected chi connectivity index (χ3v) is 3.42. The van der Waals surface area contributed by atoms with Crippen LogP contribution < -0.4 is 10.6 Å². The fraction of sp³-hybridized carbons (Fsp3) is 0.357. The van der Waals surface area contributed by atoms with E-state index < -0.39 is 0 Å². The Bertz CT molecular complexity index is 445. The second kappa shape index (κ2) is 6.71. The summed E-state index contributed by atoms with van der Waals surface area (Å²) in [6, 6.07) is 8.04. The topological polar surface area (TPSA) is 41.1 Å². The predicted molar refractivity (Wildman–Crippen MR) is 77.6 cm³/mol. The van der Waals surface area contributed by atoms with Gasteiger partial charge in [-0.25, -0.2) is 0 Å². The van der Waals surface area contributed by atoms with Gasteiger partial charge in [0.1, 0.15) is 0 Å². The van der Waals surface area contributed by atoms with Crippen molar-refractivity contribution in [2.24, 2.45) is 0 Å². The Morgan fingerprint density at radius 3 is 3.00 bits per heavy atom. The minimum absolute atomic E-state index is 0.00246. The van der Waals surface area contributed by atoms with Crippen LogP contribution in [0.1, 0.15) is 19.3 Å². The van der Waals surface area contributed by atoms with Crippen molar-refractivity contribution in [3.05, 3.63) is 40.9 Å². The second-order valence-corrected chi connectivity index (χ2v) is 5.34. The molecule has 0 aliphatic heterocycles. The zero-order valence-corrected chi connectivity index (χ0v) is 11.7. The molecule has 1 aliphatic rings. The van der Waals surface area contributed by atoms with Gasteiger partial charge in [0.25, 0.3) is 0 Å². The molecule has 0 saturated carbocycles. The third-order valence-electron chi connectivity index (χ3n) is 2.93. The molecule has 2 N–H and O–H groups in total. The normalized spacial score (nSPS) is 18.6. The molecule has 1 atom stereocenters. The van der Waals surface area contributed by atoms with Crippen LogP contribution in [0.25, 0.3) is 0 Å². The van der Waals surface area contributed by atoms with Gasteiger partial charge in [0.2, 0.25) is 5.91 Å². The van der Waals surface area contributed by atoms with Crippen LogP contribution in [0.15, 0.2) is 40.9 Å². The monoisotopic (exact) mass is 308 g/mol. The van der Waals surface area contributed by atoms with Crippen molar-refractivity contribution in [2.45, 2.75) is 25.3 Å². The van der Waals surface area contributed by atoms with Crippen LogP contribution in [0, 0.1) is 0 Å². The maximum atomic E-state index is 11.8. The fourth-order valence-corrected chi connectivity index (χ4v) is 2.39. The van der Waals surface area contributed by atoms with E-state index >= 15 is 0 Å². The Balaban J connectivity index is 1.76. The van der Waals surface area contributed by atoms with Gasteiger partial charge in [-0.15, -0.1) is 0 Å². The first-order valence-electron chi connectivity index (χ1n) is 6.18. The molecule has 1 aliphatic carbocycles. The molecule has 96 valence electrons. The number of halogens is 1. The zero-order chi connectivity index (χ0) is 12.8. The SMILES string of the molecule is O=C(CNC1CC=CCC1)Nc1cccc(Br)c1. The van der Waals surface area contributed by atoms with Gasteiger partial charge in [0.15, 0.2) is 0 Å². The number of amides is 1. The fourth-order valence-electron chi connectivity index (χ4n) is 1.99. The first kappa shape index (κ1) is 13.3. The highest BCUT2D eigenvalue weighted by molar-refractivity contribution is 9.10. The molecule has 4 heteroatoms. The van der Waals surface area contributed by atoms with Crippen molar-refractivity contribution in [2.75, 3.05) is 11.9 Å². The minimum Gasteiger partial charge on any atom is -0.325 e. The largest absolute Gasteiger partial charge is 0.325 e. The first-order chi connectivity index (χ1) is 8.74. The van der Waals surface area contributed by atoms with Gasteiger partial charge in [-0.1, -0.05) is 34.1 Å². The van der Waals surface area contributed by atoms with Gasteiger partial charge < -0.3 is 10.6 Å². The zero-order valence-electron chi connectivity index (χ0n) is 10.2. The average molecular weight is 309 g/mol. The molecule has 2 rings (SSSR count). The van der Waals surface area contributed by atoms with Crippen LogP contribution in [0.3, 0.4) is 0 Å². The number of hydrogen-bond donors (Lipinski definition) is 2. The summed E-state index contributed by atoms with van der Waals surface area (Å²) in [5, 5.41) is 6.15. The van der Waals surface area contributed by atoms with E-state index in [1.165, 1.54) is 0 Å². The minimum atomic E-state index is 0.00246. The molecule has 1 unspecified atom stereocenters. The van der Waals surface area contributed by atoms with E-state index in [9.17, 15) is 4.79 Å². The van der Waals surface area contributed by atoms with Crippen molar-refractivity contribution < 1.29 is 4.79 Å². The number of carbonyl (C=O) groups excluding carboxylic acids is 1. The average Bonchev–Trinajstić information content (AvgIpc) is 2.38. The van der Waals surface area contributed by atoms with E-state index in [1.807, 2.05) is 24.3 Å². The maximum absolute atomic E-state index is 11.8. The van der Waals surface area contributed by atoms with Gasteiger partial charge in [0.05, 0.1) is 6.54 Å². The summed E-state index contributed by atoms with van der Waals surface area (Å²) in [4.78, 5) is 11.8. The Hall–Kier alpha value is -1.13. The van der Waals surface area contributed by atoms with Crippen molar-refractivity contribution in [1.82, 2.24) is 5.32 Å². The van der Waals surface area contributed by atoms with Gasteiger partial charge >= 0.3 is 0 Å². The van der Waals surface area contributed by atoms with Crippen molar-refractivity contribution in [3.8, 4) is 0 Å². The summed E-state index contributed by atoms with van der Waals surface area (Å²) >= 11 is 3.38. The number of allylic oxidation sites excluding steroid dienone is 1. The Morgan fingerprint density at radius 2 is 2.28 bits per heavy atom. The lowest BCUT2D eigenvalue weighted by molar-refractivity contribution is -0.115. The molecule has 0 heterocycles. The first-order valence-corrected chi connectivity index (χ1v) is 6.97. The lowest BCUT2D eigenvalue weighted by atomic mass is 10.0. The highest BCUT2D eigenvalue weighted by Crippen LogP contribution is 2.15. The van der Waals surface area contributed by atoms with Crippen LogP contribution in [0.2, 0.25) is 0 Å². The number of carbonyl (C=O) groups is 1. The molecule has 0 spiro atoms. The van der Waals surface area contributed by atoms with Gasteiger partial charge in [-0.05, 0) is 37.5 Å². The molecule has 18 heavy (non-hydrogen) atoms. The summed E-state index contributed by atoms with van der Waals surface area (Å²) in [5.74, 6) is 0.00246. The molecule has 1 aromatic rings. The standard InChI is InChI=1S/C14H17BrN2O/c15-11-5-4-8-13(9-11)17-14(18)10-16-12-6-2-1-3-7-12/h1-2,4-5,8-9,12,16H,3,6-7,10H2,(H,17,18). The highest BCUT2D eigenvalue weighted by Gasteiger charge is 2.10. The van der Waals surface area contributed by atoms with Crippen LogP contribution in [-0.4, -0.2) is 18.5 Å². The van der Waals surface area contributed by atoms with E-state index in [0.717, 1.165) is 29.4 Å². The van der Waals surface area contributed by atoms with Crippen molar-refractivity contribution in [1.29, 1.82) is 0 Å². The maximum Gasteiger partial charge on any atom is 0.238 e. The molecule has 1 aromatic carbocycles. The molecular weight excluding hydrogens is 292 g/mol. The second-order valence-electron chi connectivity index (χ2n) is 4.42.